The van der Waals surface area contributed by atoms with Crippen molar-refractivity contribution in [2.75, 3.05) is 13.2 Å². The smallest absolute Gasteiger partial charge is 0.336 e. The van der Waals surface area contributed by atoms with Gasteiger partial charge in [-0.25, -0.2) is 9.59 Å². The van der Waals surface area contributed by atoms with Gasteiger partial charge in [-0.1, -0.05) is 6.92 Å². The van der Waals surface area contributed by atoms with E-state index in [9.17, 15) is 19.5 Å². The molecule has 0 saturated carbocycles. The van der Waals surface area contributed by atoms with E-state index in [4.69, 9.17) is 9.15 Å². The molecule has 1 aliphatic rings. The van der Waals surface area contributed by atoms with Gasteiger partial charge in [0.1, 0.15) is 17.4 Å². The summed E-state index contributed by atoms with van der Waals surface area (Å²) in [4.78, 5) is 36.6. The maximum absolute atomic E-state index is 12.3. The normalized spacial score (nSPS) is 16.8. The minimum absolute atomic E-state index is 0.256. The van der Waals surface area contributed by atoms with Crippen LogP contribution < -0.4 is 10.4 Å². The van der Waals surface area contributed by atoms with Gasteiger partial charge in [0.05, 0.1) is 0 Å². The number of hydrogen-bond donors (Lipinski definition) is 1. The third-order valence-corrected chi connectivity index (χ3v) is 4.79. The number of carbonyl (C=O) groups excluding carboxylic acids is 1. The number of likely N-dealkylation sites (tertiary alicyclic amines) is 1. The highest BCUT2D eigenvalue weighted by atomic mass is 16.5. The Morgan fingerprint density at radius 2 is 2.15 bits per heavy atom. The number of amides is 1. The summed E-state index contributed by atoms with van der Waals surface area (Å²) in [5.74, 6) is -0.918. The molecule has 3 rings (SSSR count). The SMILES string of the molecule is CCc1cc(=O)oc2c(C)c(OCC(=O)N3CCC[C@H]3C(=O)O)ccc12. The van der Waals surface area contributed by atoms with E-state index < -0.39 is 17.6 Å². The molecular weight excluding hydrogens is 338 g/mol. The number of carboxylic acids is 1. The van der Waals surface area contributed by atoms with Crippen molar-refractivity contribution in [3.63, 3.8) is 0 Å². The van der Waals surface area contributed by atoms with Gasteiger partial charge in [-0.15, -0.1) is 0 Å². The molecule has 0 bridgehead atoms. The molecule has 1 aromatic heterocycles. The van der Waals surface area contributed by atoms with E-state index in [-0.39, 0.29) is 12.5 Å². The monoisotopic (exact) mass is 359 g/mol. The van der Waals surface area contributed by atoms with Gasteiger partial charge in [0.2, 0.25) is 0 Å². The first kappa shape index (κ1) is 18.0. The second kappa shape index (κ2) is 7.19. The molecule has 1 amide bonds. The summed E-state index contributed by atoms with van der Waals surface area (Å²) >= 11 is 0. The highest BCUT2D eigenvalue weighted by Crippen LogP contribution is 2.29. The van der Waals surface area contributed by atoms with Crippen LogP contribution in [-0.2, 0) is 16.0 Å². The van der Waals surface area contributed by atoms with E-state index >= 15 is 0 Å². The number of benzene rings is 1. The van der Waals surface area contributed by atoms with Crippen LogP contribution in [-0.4, -0.2) is 41.1 Å². The average molecular weight is 359 g/mol. The molecule has 1 aromatic carbocycles. The fraction of sp³-hybridized carbons (Fsp3) is 0.421. The van der Waals surface area contributed by atoms with Crippen LogP contribution in [0.2, 0.25) is 0 Å². The van der Waals surface area contributed by atoms with Crippen LogP contribution in [0.4, 0.5) is 0 Å². The van der Waals surface area contributed by atoms with Crippen LogP contribution in [0, 0.1) is 6.92 Å². The first-order valence-corrected chi connectivity index (χ1v) is 8.63. The minimum Gasteiger partial charge on any atom is -0.483 e. The summed E-state index contributed by atoms with van der Waals surface area (Å²) in [5.41, 5.74) is 1.55. The van der Waals surface area contributed by atoms with Gasteiger partial charge in [-0.3, -0.25) is 4.79 Å². The molecule has 1 saturated heterocycles. The Hall–Kier alpha value is -2.83. The van der Waals surface area contributed by atoms with Gasteiger partial charge in [-0.05, 0) is 43.9 Å². The lowest BCUT2D eigenvalue weighted by Crippen LogP contribution is -2.42. The van der Waals surface area contributed by atoms with Gasteiger partial charge in [0.25, 0.3) is 5.91 Å². The molecule has 2 heterocycles. The summed E-state index contributed by atoms with van der Waals surface area (Å²) in [7, 11) is 0. The summed E-state index contributed by atoms with van der Waals surface area (Å²) in [6.07, 6.45) is 1.83. The predicted octanol–water partition coefficient (Wildman–Crippen LogP) is 2.12. The zero-order valence-corrected chi connectivity index (χ0v) is 14.8. The van der Waals surface area contributed by atoms with Crippen LogP contribution >= 0.6 is 0 Å². The number of fused-ring (bicyclic) bond motifs is 1. The molecule has 1 fully saturated rings. The molecule has 1 aliphatic heterocycles. The van der Waals surface area contributed by atoms with Gasteiger partial charge < -0.3 is 19.2 Å². The van der Waals surface area contributed by atoms with E-state index in [0.29, 0.717) is 42.7 Å². The quantitative estimate of drug-likeness (QED) is 0.822. The molecule has 26 heavy (non-hydrogen) atoms. The zero-order valence-electron chi connectivity index (χ0n) is 14.8. The molecule has 0 spiro atoms. The van der Waals surface area contributed by atoms with Crippen molar-refractivity contribution >= 4 is 22.8 Å². The second-order valence-electron chi connectivity index (χ2n) is 6.38. The van der Waals surface area contributed by atoms with Crippen molar-refractivity contribution in [3.8, 4) is 5.75 Å². The molecule has 7 nitrogen and oxygen atoms in total. The van der Waals surface area contributed by atoms with E-state index in [1.165, 1.54) is 11.0 Å². The Balaban J connectivity index is 1.81. The van der Waals surface area contributed by atoms with Gasteiger partial charge in [0.15, 0.2) is 6.61 Å². The summed E-state index contributed by atoms with van der Waals surface area (Å²) in [5, 5.41) is 10.0. The first-order chi connectivity index (χ1) is 12.4. The van der Waals surface area contributed by atoms with Gasteiger partial charge >= 0.3 is 11.6 Å². The molecule has 0 aliphatic carbocycles. The molecule has 1 N–H and O–H groups in total. The Labute approximate surface area is 150 Å². The Morgan fingerprint density at radius 3 is 2.85 bits per heavy atom. The first-order valence-electron chi connectivity index (χ1n) is 8.63. The number of aryl methyl sites for hydroxylation is 2. The highest BCUT2D eigenvalue weighted by Gasteiger charge is 2.34. The summed E-state index contributed by atoms with van der Waals surface area (Å²) in [6, 6.07) is 4.24. The van der Waals surface area contributed by atoms with Gasteiger partial charge in [-0.2, -0.15) is 0 Å². The number of nitrogens with zero attached hydrogens (tertiary/aromatic N) is 1. The number of carboxylic acid groups (broad SMARTS) is 1. The fourth-order valence-electron chi connectivity index (χ4n) is 3.40. The average Bonchev–Trinajstić information content (AvgIpc) is 3.11. The van der Waals surface area contributed by atoms with Crippen LogP contribution in [0.1, 0.15) is 30.9 Å². The summed E-state index contributed by atoms with van der Waals surface area (Å²) in [6.45, 7) is 3.89. The molecule has 2 aromatic rings. The maximum atomic E-state index is 12.3. The molecule has 0 radical (unpaired) electrons. The Morgan fingerprint density at radius 1 is 1.38 bits per heavy atom. The van der Waals surface area contributed by atoms with Crippen LogP contribution in [0.25, 0.3) is 11.0 Å². The topological polar surface area (TPSA) is 97.0 Å². The van der Waals surface area contributed by atoms with E-state index in [1.54, 1.807) is 19.1 Å². The van der Waals surface area contributed by atoms with E-state index in [2.05, 4.69) is 0 Å². The van der Waals surface area contributed by atoms with Gasteiger partial charge in [0, 0.05) is 23.6 Å². The minimum atomic E-state index is -0.994. The molecule has 0 unspecified atom stereocenters. The number of ether oxygens (including phenoxy) is 1. The lowest BCUT2D eigenvalue weighted by molar-refractivity contribution is -0.148. The molecule has 1 atom stereocenters. The van der Waals surface area contributed by atoms with Crippen LogP contribution in [0.15, 0.2) is 27.4 Å². The lowest BCUT2D eigenvalue weighted by Gasteiger charge is -2.21. The van der Waals surface area contributed by atoms with Crippen molar-refractivity contribution in [1.29, 1.82) is 0 Å². The van der Waals surface area contributed by atoms with Crippen LogP contribution in [0.3, 0.4) is 0 Å². The number of rotatable bonds is 5. The van der Waals surface area contributed by atoms with Crippen molar-refractivity contribution in [2.45, 2.75) is 39.2 Å². The maximum Gasteiger partial charge on any atom is 0.336 e. The third kappa shape index (κ3) is 3.29. The molecule has 138 valence electrons. The van der Waals surface area contributed by atoms with E-state index in [0.717, 1.165) is 10.9 Å². The standard InChI is InChI=1S/C19H21NO6/c1-3-12-9-17(22)26-18-11(2)15(7-6-13(12)18)25-10-16(21)20-8-4-5-14(20)19(23)24/h6-7,9,14H,3-5,8,10H2,1-2H3,(H,23,24)/t14-/m0/s1. The van der Waals surface area contributed by atoms with E-state index in [1.807, 2.05) is 6.92 Å². The molecular formula is C19H21NO6. The second-order valence-corrected chi connectivity index (χ2v) is 6.38. The zero-order chi connectivity index (χ0) is 18.8. The van der Waals surface area contributed by atoms with Crippen molar-refractivity contribution < 1.29 is 23.8 Å². The predicted molar refractivity (Wildman–Crippen MR) is 94.5 cm³/mol. The van der Waals surface area contributed by atoms with Crippen molar-refractivity contribution in [2.24, 2.45) is 0 Å². The number of aliphatic carboxylic acids is 1. The van der Waals surface area contributed by atoms with Crippen molar-refractivity contribution in [1.82, 2.24) is 4.90 Å². The Kier molecular flexibility index (Phi) is 4.97. The van der Waals surface area contributed by atoms with Crippen LogP contribution in [0.5, 0.6) is 5.75 Å². The Bertz CT molecular complexity index is 916. The lowest BCUT2D eigenvalue weighted by atomic mass is 10.0. The number of hydrogen-bond acceptors (Lipinski definition) is 5. The number of carbonyl (C=O) groups is 2. The largest absolute Gasteiger partial charge is 0.483 e. The fourth-order valence-corrected chi connectivity index (χ4v) is 3.40. The molecule has 7 heteroatoms. The summed E-state index contributed by atoms with van der Waals surface area (Å²) < 4.78 is 10.9. The highest BCUT2D eigenvalue weighted by molar-refractivity contribution is 5.86. The van der Waals surface area contributed by atoms with Crippen molar-refractivity contribution in [3.05, 3.63) is 39.7 Å². The third-order valence-electron chi connectivity index (χ3n) is 4.79.